The van der Waals surface area contributed by atoms with Crippen LogP contribution in [-0.2, 0) is 6.42 Å². The summed E-state index contributed by atoms with van der Waals surface area (Å²) in [5.41, 5.74) is 2.88. The first kappa shape index (κ1) is 15.1. The number of aromatic nitrogens is 4. The van der Waals surface area contributed by atoms with Crippen LogP contribution in [0, 0.1) is 0 Å². The maximum Gasteiger partial charge on any atom is 0.214 e. The van der Waals surface area contributed by atoms with Gasteiger partial charge in [-0.15, -0.1) is 5.10 Å². The highest BCUT2D eigenvalue weighted by Crippen LogP contribution is 2.32. The first-order valence-corrected chi connectivity index (χ1v) is 8.83. The Morgan fingerprint density at radius 3 is 2.71 bits per heavy atom. The minimum absolute atomic E-state index is 0.151. The number of Topliss-reactive ketones (excluding diaryl/α,β-unsaturated/α-hetero) is 1. The van der Waals surface area contributed by atoms with Crippen LogP contribution in [0.25, 0.3) is 5.69 Å². The molecule has 0 N–H and O–H groups in total. The SMILES string of the molecule is O=C1c2ccccc2CCCC1Sc1nnnn1-c1ccccc1. The molecule has 1 unspecified atom stereocenters. The summed E-state index contributed by atoms with van der Waals surface area (Å²) in [6.45, 7) is 0. The number of para-hydroxylation sites is 1. The molecule has 5 nitrogen and oxygen atoms in total. The highest BCUT2D eigenvalue weighted by atomic mass is 32.2. The van der Waals surface area contributed by atoms with E-state index in [1.54, 1.807) is 4.68 Å². The van der Waals surface area contributed by atoms with Gasteiger partial charge in [-0.3, -0.25) is 4.79 Å². The summed E-state index contributed by atoms with van der Waals surface area (Å²) in [6, 6.07) is 17.6. The van der Waals surface area contributed by atoms with Gasteiger partial charge in [-0.2, -0.15) is 4.68 Å². The average molecular weight is 336 g/mol. The molecule has 0 bridgehead atoms. The molecule has 0 fully saturated rings. The van der Waals surface area contributed by atoms with Gasteiger partial charge in [-0.05, 0) is 47.4 Å². The average Bonchev–Trinajstić information content (AvgIpc) is 3.03. The molecule has 0 aliphatic heterocycles. The fourth-order valence-electron chi connectivity index (χ4n) is 2.98. The number of fused-ring (bicyclic) bond motifs is 1. The summed E-state index contributed by atoms with van der Waals surface area (Å²) >= 11 is 1.46. The van der Waals surface area contributed by atoms with Crippen LogP contribution in [0.4, 0.5) is 0 Å². The molecular weight excluding hydrogens is 320 g/mol. The van der Waals surface area contributed by atoms with E-state index in [1.807, 2.05) is 54.6 Å². The number of tetrazole rings is 1. The van der Waals surface area contributed by atoms with Crippen LogP contribution in [0.2, 0.25) is 0 Å². The van der Waals surface area contributed by atoms with Gasteiger partial charge in [0.1, 0.15) is 0 Å². The number of hydrogen-bond acceptors (Lipinski definition) is 5. The topological polar surface area (TPSA) is 60.7 Å². The summed E-state index contributed by atoms with van der Waals surface area (Å²) in [5, 5.41) is 12.5. The van der Waals surface area contributed by atoms with Crippen LogP contribution in [0.1, 0.15) is 28.8 Å². The molecule has 0 radical (unpaired) electrons. The van der Waals surface area contributed by atoms with E-state index < -0.39 is 0 Å². The Balaban J connectivity index is 1.63. The van der Waals surface area contributed by atoms with E-state index in [2.05, 4.69) is 15.5 Å². The molecule has 0 spiro atoms. The molecule has 0 saturated heterocycles. The molecule has 1 aromatic heterocycles. The van der Waals surface area contributed by atoms with Crippen LogP contribution >= 0.6 is 11.8 Å². The molecule has 1 aliphatic rings. The third kappa shape index (κ3) is 2.85. The summed E-state index contributed by atoms with van der Waals surface area (Å²) in [6.07, 6.45) is 2.77. The van der Waals surface area contributed by atoms with E-state index in [0.29, 0.717) is 5.16 Å². The van der Waals surface area contributed by atoms with Gasteiger partial charge in [-0.1, -0.05) is 54.2 Å². The van der Waals surface area contributed by atoms with Crippen molar-refractivity contribution in [3.05, 3.63) is 65.7 Å². The van der Waals surface area contributed by atoms with Crippen molar-refractivity contribution in [3.63, 3.8) is 0 Å². The van der Waals surface area contributed by atoms with E-state index in [-0.39, 0.29) is 11.0 Å². The number of carbonyl (C=O) groups excluding carboxylic acids is 1. The number of ketones is 1. The van der Waals surface area contributed by atoms with Crippen molar-refractivity contribution in [3.8, 4) is 5.69 Å². The highest BCUT2D eigenvalue weighted by Gasteiger charge is 2.28. The predicted octanol–water partition coefficient (Wildman–Crippen LogP) is 3.34. The zero-order valence-corrected chi connectivity index (χ0v) is 13.8. The Hall–Kier alpha value is -2.47. The summed E-state index contributed by atoms with van der Waals surface area (Å²) in [4.78, 5) is 12.9. The number of nitrogens with zero attached hydrogens (tertiary/aromatic N) is 4. The van der Waals surface area contributed by atoms with Crippen molar-refractivity contribution in [1.29, 1.82) is 0 Å². The molecule has 24 heavy (non-hydrogen) atoms. The lowest BCUT2D eigenvalue weighted by molar-refractivity contribution is 0.0988. The molecule has 4 rings (SSSR count). The third-order valence-corrected chi connectivity index (χ3v) is 5.38. The lowest BCUT2D eigenvalue weighted by Gasteiger charge is -2.12. The van der Waals surface area contributed by atoms with E-state index in [1.165, 1.54) is 11.8 Å². The minimum Gasteiger partial charge on any atom is -0.293 e. The Morgan fingerprint density at radius 2 is 1.83 bits per heavy atom. The third-order valence-electron chi connectivity index (χ3n) is 4.18. The smallest absolute Gasteiger partial charge is 0.214 e. The van der Waals surface area contributed by atoms with Crippen molar-refractivity contribution < 1.29 is 4.79 Å². The van der Waals surface area contributed by atoms with Gasteiger partial charge in [0.15, 0.2) is 5.78 Å². The predicted molar refractivity (Wildman–Crippen MR) is 92.5 cm³/mol. The second-order valence-corrected chi connectivity index (χ2v) is 6.90. The Kier molecular flexibility index (Phi) is 4.13. The molecule has 3 aromatic rings. The standard InChI is InChI=1S/C18H16N4OS/c23-17-15-11-5-4-7-13(15)8-6-12-16(17)24-18-19-20-21-22(18)14-9-2-1-3-10-14/h1-5,7,9-11,16H,6,8,12H2. The first-order chi connectivity index (χ1) is 11.8. The van der Waals surface area contributed by atoms with Crippen molar-refractivity contribution >= 4 is 17.5 Å². The summed E-state index contributed by atoms with van der Waals surface area (Å²) in [7, 11) is 0. The molecule has 0 amide bonds. The number of rotatable bonds is 3. The highest BCUT2D eigenvalue weighted by molar-refractivity contribution is 8.00. The Bertz CT molecular complexity index is 862. The number of benzene rings is 2. The van der Waals surface area contributed by atoms with Crippen LogP contribution in [-0.4, -0.2) is 31.2 Å². The summed E-state index contributed by atoms with van der Waals surface area (Å²) in [5.74, 6) is 0.177. The Morgan fingerprint density at radius 1 is 1.04 bits per heavy atom. The molecule has 0 saturated carbocycles. The lowest BCUT2D eigenvalue weighted by Crippen LogP contribution is -2.17. The van der Waals surface area contributed by atoms with E-state index in [4.69, 9.17) is 0 Å². The number of aryl methyl sites for hydroxylation is 1. The van der Waals surface area contributed by atoms with Gasteiger partial charge in [0.25, 0.3) is 0 Å². The summed E-state index contributed by atoms with van der Waals surface area (Å²) < 4.78 is 1.69. The van der Waals surface area contributed by atoms with Gasteiger partial charge in [0.05, 0.1) is 10.9 Å². The van der Waals surface area contributed by atoms with Gasteiger partial charge in [-0.25, -0.2) is 0 Å². The van der Waals surface area contributed by atoms with Gasteiger partial charge >= 0.3 is 0 Å². The minimum atomic E-state index is -0.151. The number of hydrogen-bond donors (Lipinski definition) is 0. The maximum absolute atomic E-state index is 12.9. The monoisotopic (exact) mass is 336 g/mol. The van der Waals surface area contributed by atoms with Crippen molar-refractivity contribution in [1.82, 2.24) is 20.2 Å². The van der Waals surface area contributed by atoms with E-state index >= 15 is 0 Å². The van der Waals surface area contributed by atoms with Crippen LogP contribution in [0.15, 0.2) is 59.8 Å². The van der Waals surface area contributed by atoms with Gasteiger partial charge in [0.2, 0.25) is 5.16 Å². The fraction of sp³-hybridized carbons (Fsp3) is 0.222. The van der Waals surface area contributed by atoms with Crippen LogP contribution in [0.5, 0.6) is 0 Å². The van der Waals surface area contributed by atoms with Gasteiger partial charge < -0.3 is 0 Å². The molecule has 1 heterocycles. The van der Waals surface area contributed by atoms with Crippen LogP contribution < -0.4 is 0 Å². The molecule has 1 aliphatic carbocycles. The van der Waals surface area contributed by atoms with E-state index in [0.717, 1.165) is 36.1 Å². The zero-order chi connectivity index (χ0) is 16.4. The molecule has 120 valence electrons. The van der Waals surface area contributed by atoms with Crippen molar-refractivity contribution in [2.45, 2.75) is 29.7 Å². The second kappa shape index (κ2) is 6.57. The first-order valence-electron chi connectivity index (χ1n) is 7.95. The maximum atomic E-state index is 12.9. The quantitative estimate of drug-likeness (QED) is 0.687. The second-order valence-electron chi connectivity index (χ2n) is 5.73. The van der Waals surface area contributed by atoms with Crippen molar-refractivity contribution in [2.75, 3.05) is 0 Å². The molecule has 6 heteroatoms. The lowest BCUT2D eigenvalue weighted by atomic mass is 10.0. The Labute approximate surface area is 144 Å². The normalized spacial score (nSPS) is 17.3. The largest absolute Gasteiger partial charge is 0.293 e. The van der Waals surface area contributed by atoms with Crippen LogP contribution in [0.3, 0.4) is 0 Å². The molecule has 2 aromatic carbocycles. The fourth-order valence-corrected chi connectivity index (χ4v) is 4.08. The van der Waals surface area contributed by atoms with Gasteiger partial charge in [0, 0.05) is 5.56 Å². The molecular formula is C18H16N4OS. The van der Waals surface area contributed by atoms with E-state index in [9.17, 15) is 4.79 Å². The number of thioether (sulfide) groups is 1. The van der Waals surface area contributed by atoms with Crippen molar-refractivity contribution in [2.24, 2.45) is 0 Å². The molecule has 1 atom stereocenters. The zero-order valence-electron chi connectivity index (χ0n) is 13.0. The number of carbonyl (C=O) groups is 1.